The number of carboxylic acids is 1. The average Bonchev–Trinajstić information content (AvgIpc) is 2.83. The molecule has 1 atom stereocenters. The molecule has 1 amide bonds. The minimum Gasteiger partial charge on any atom is -0.492 e. The molecule has 6 nitrogen and oxygen atoms in total. The number of piperidine rings is 1. The summed E-state index contributed by atoms with van der Waals surface area (Å²) in [6.45, 7) is 5.08. The van der Waals surface area contributed by atoms with E-state index in [1.807, 2.05) is 31.2 Å². The molecule has 1 N–H and O–H groups in total. The number of para-hydroxylation sites is 1. The van der Waals surface area contributed by atoms with Gasteiger partial charge in [-0.15, -0.1) is 0 Å². The number of ether oxygens (including phenoxy) is 1. The van der Waals surface area contributed by atoms with Crippen molar-refractivity contribution in [3.05, 3.63) is 29.8 Å². The molecule has 3 rings (SSSR count). The van der Waals surface area contributed by atoms with Crippen molar-refractivity contribution in [2.45, 2.75) is 32.7 Å². The van der Waals surface area contributed by atoms with Gasteiger partial charge in [-0.3, -0.25) is 14.5 Å². The quantitative estimate of drug-likeness (QED) is 0.903. The van der Waals surface area contributed by atoms with E-state index in [0.717, 1.165) is 17.7 Å². The van der Waals surface area contributed by atoms with E-state index in [-0.39, 0.29) is 5.91 Å². The van der Waals surface area contributed by atoms with Gasteiger partial charge in [-0.25, -0.2) is 0 Å². The van der Waals surface area contributed by atoms with Crippen LogP contribution in [0.2, 0.25) is 0 Å². The number of likely N-dealkylation sites (tertiary alicyclic amines) is 1. The Balaban J connectivity index is 1.65. The van der Waals surface area contributed by atoms with Crippen molar-refractivity contribution in [1.29, 1.82) is 0 Å². The second kappa shape index (κ2) is 7.44. The number of carbonyl (C=O) groups excluding carboxylic acids is 1. The average molecular weight is 346 g/mol. The van der Waals surface area contributed by atoms with Crippen LogP contribution in [0, 0.1) is 5.41 Å². The Labute approximate surface area is 148 Å². The summed E-state index contributed by atoms with van der Waals surface area (Å²) >= 11 is 0. The van der Waals surface area contributed by atoms with Crippen LogP contribution in [-0.4, -0.2) is 59.6 Å². The van der Waals surface area contributed by atoms with Crippen LogP contribution in [0.25, 0.3) is 0 Å². The number of carboxylic acid groups (broad SMARTS) is 1. The summed E-state index contributed by atoms with van der Waals surface area (Å²) in [7, 11) is 0. The molecule has 0 saturated carbocycles. The first-order chi connectivity index (χ1) is 12.0. The summed E-state index contributed by atoms with van der Waals surface area (Å²) in [5, 5.41) is 9.59. The van der Waals surface area contributed by atoms with E-state index < -0.39 is 11.4 Å². The zero-order chi connectivity index (χ0) is 17.9. The molecule has 1 saturated heterocycles. The maximum absolute atomic E-state index is 12.8. The molecule has 136 valence electrons. The molecule has 25 heavy (non-hydrogen) atoms. The van der Waals surface area contributed by atoms with Gasteiger partial charge in [-0.05, 0) is 25.3 Å². The molecule has 1 aromatic rings. The molecule has 0 unspecified atom stereocenters. The summed E-state index contributed by atoms with van der Waals surface area (Å²) in [5.41, 5.74) is 0.294. The highest BCUT2D eigenvalue weighted by molar-refractivity contribution is 5.81. The highest BCUT2D eigenvalue weighted by Gasteiger charge is 2.42. The van der Waals surface area contributed by atoms with Crippen molar-refractivity contribution in [2.75, 3.05) is 32.8 Å². The van der Waals surface area contributed by atoms with E-state index in [1.54, 1.807) is 4.90 Å². The number of rotatable bonds is 4. The third-order valence-electron chi connectivity index (χ3n) is 5.45. The fraction of sp³-hybridized carbons (Fsp3) is 0.579. The lowest BCUT2D eigenvalue weighted by Crippen LogP contribution is -2.52. The van der Waals surface area contributed by atoms with E-state index in [4.69, 9.17) is 4.74 Å². The Morgan fingerprint density at radius 1 is 1.28 bits per heavy atom. The molecule has 2 heterocycles. The van der Waals surface area contributed by atoms with Crippen LogP contribution in [0.5, 0.6) is 5.75 Å². The van der Waals surface area contributed by atoms with Gasteiger partial charge in [-0.2, -0.15) is 0 Å². The Bertz CT molecular complexity index is 648. The lowest BCUT2D eigenvalue weighted by Gasteiger charge is -2.40. The van der Waals surface area contributed by atoms with Crippen molar-refractivity contribution in [3.8, 4) is 5.75 Å². The van der Waals surface area contributed by atoms with Crippen LogP contribution in [0.4, 0.5) is 0 Å². The zero-order valence-corrected chi connectivity index (χ0v) is 14.7. The lowest BCUT2D eigenvalue weighted by atomic mass is 9.77. The molecule has 0 spiro atoms. The smallest absolute Gasteiger partial charge is 0.311 e. The third kappa shape index (κ3) is 3.79. The van der Waals surface area contributed by atoms with Crippen LogP contribution in [0.15, 0.2) is 24.3 Å². The van der Waals surface area contributed by atoms with Gasteiger partial charge in [0.25, 0.3) is 0 Å². The fourth-order valence-corrected chi connectivity index (χ4v) is 3.77. The summed E-state index contributed by atoms with van der Waals surface area (Å²) in [4.78, 5) is 28.3. The van der Waals surface area contributed by atoms with Gasteiger partial charge in [0, 0.05) is 31.7 Å². The first-order valence-electron chi connectivity index (χ1n) is 8.98. The van der Waals surface area contributed by atoms with Crippen LogP contribution < -0.4 is 4.74 Å². The summed E-state index contributed by atoms with van der Waals surface area (Å²) < 4.78 is 5.74. The van der Waals surface area contributed by atoms with Crippen molar-refractivity contribution in [1.82, 2.24) is 9.80 Å². The Morgan fingerprint density at radius 2 is 2.08 bits per heavy atom. The second-order valence-electron chi connectivity index (χ2n) is 7.02. The second-order valence-corrected chi connectivity index (χ2v) is 7.02. The van der Waals surface area contributed by atoms with Crippen LogP contribution in [-0.2, 0) is 16.1 Å². The molecule has 2 aliphatic heterocycles. The van der Waals surface area contributed by atoms with Crippen LogP contribution >= 0.6 is 0 Å². The molecular formula is C19H26N2O4. The van der Waals surface area contributed by atoms with Crippen molar-refractivity contribution in [3.63, 3.8) is 0 Å². The fourth-order valence-electron chi connectivity index (χ4n) is 3.77. The van der Waals surface area contributed by atoms with Gasteiger partial charge in [0.15, 0.2) is 0 Å². The molecule has 2 aliphatic rings. The van der Waals surface area contributed by atoms with Crippen LogP contribution in [0.1, 0.15) is 31.7 Å². The van der Waals surface area contributed by atoms with Gasteiger partial charge in [0.1, 0.15) is 12.4 Å². The van der Waals surface area contributed by atoms with E-state index >= 15 is 0 Å². The van der Waals surface area contributed by atoms with E-state index in [9.17, 15) is 14.7 Å². The van der Waals surface area contributed by atoms with Crippen molar-refractivity contribution in [2.24, 2.45) is 5.41 Å². The minimum atomic E-state index is -0.789. The van der Waals surface area contributed by atoms with Gasteiger partial charge in [-0.1, -0.05) is 25.1 Å². The summed E-state index contributed by atoms with van der Waals surface area (Å²) in [6.07, 6.45) is 1.95. The standard InChI is InChI=1S/C19H26N2O4/c1-2-19(18(23)24)8-5-9-21(14-19)17(22)13-20-10-11-25-16-7-4-3-6-15(16)12-20/h3-4,6-7H,2,5,8-14H2,1H3,(H,23,24)/t19-/m1/s1. The first-order valence-corrected chi connectivity index (χ1v) is 8.98. The first kappa shape index (κ1) is 17.7. The molecule has 0 aromatic heterocycles. The normalized spacial score (nSPS) is 24.1. The van der Waals surface area contributed by atoms with Gasteiger partial charge >= 0.3 is 5.97 Å². The largest absolute Gasteiger partial charge is 0.492 e. The molecule has 0 bridgehead atoms. The van der Waals surface area contributed by atoms with Crippen LogP contribution in [0.3, 0.4) is 0 Å². The van der Waals surface area contributed by atoms with E-state index in [0.29, 0.717) is 52.2 Å². The summed E-state index contributed by atoms with van der Waals surface area (Å²) in [5.74, 6) is 0.106. The maximum atomic E-state index is 12.8. The Morgan fingerprint density at radius 3 is 2.84 bits per heavy atom. The number of fused-ring (bicyclic) bond motifs is 1. The van der Waals surface area contributed by atoms with E-state index in [1.165, 1.54) is 0 Å². The number of hydrogen-bond donors (Lipinski definition) is 1. The molecule has 0 aliphatic carbocycles. The monoisotopic (exact) mass is 346 g/mol. The number of hydrogen-bond acceptors (Lipinski definition) is 4. The maximum Gasteiger partial charge on any atom is 0.311 e. The topological polar surface area (TPSA) is 70.1 Å². The Hall–Kier alpha value is -2.08. The number of aliphatic carboxylic acids is 1. The summed E-state index contributed by atoms with van der Waals surface area (Å²) in [6, 6.07) is 7.89. The molecule has 1 fully saturated rings. The van der Waals surface area contributed by atoms with Gasteiger partial charge in [0.05, 0.1) is 12.0 Å². The Kier molecular flexibility index (Phi) is 5.27. The molecular weight excluding hydrogens is 320 g/mol. The lowest BCUT2D eigenvalue weighted by molar-refractivity contribution is -0.155. The predicted molar refractivity (Wildman–Crippen MR) is 93.4 cm³/mol. The molecule has 1 aromatic carbocycles. The number of nitrogens with zero attached hydrogens (tertiary/aromatic N) is 2. The highest BCUT2D eigenvalue weighted by atomic mass is 16.5. The van der Waals surface area contributed by atoms with Crippen molar-refractivity contribution < 1.29 is 19.4 Å². The van der Waals surface area contributed by atoms with E-state index in [2.05, 4.69) is 4.90 Å². The van der Waals surface area contributed by atoms with Gasteiger partial charge in [0.2, 0.25) is 5.91 Å². The van der Waals surface area contributed by atoms with Crippen molar-refractivity contribution >= 4 is 11.9 Å². The number of benzene rings is 1. The number of amides is 1. The predicted octanol–water partition coefficient (Wildman–Crippen LogP) is 1.98. The number of carbonyl (C=O) groups is 2. The SMILES string of the molecule is CC[C@@]1(C(=O)O)CCCN(C(=O)CN2CCOc3ccccc3C2)C1. The molecule has 6 heteroatoms. The van der Waals surface area contributed by atoms with Gasteiger partial charge < -0.3 is 14.7 Å². The molecule has 0 radical (unpaired) electrons. The zero-order valence-electron chi connectivity index (χ0n) is 14.7. The minimum absolute atomic E-state index is 0.0122. The highest BCUT2D eigenvalue weighted by Crippen LogP contribution is 2.33. The third-order valence-corrected chi connectivity index (χ3v) is 5.45.